The molecule has 1 heterocycles. The molecule has 8 heteroatoms. The number of benzene rings is 3. The van der Waals surface area contributed by atoms with Crippen LogP contribution in [0.25, 0.3) is 17.3 Å². The normalized spacial score (nSPS) is 11.4. The molecule has 192 valence electrons. The van der Waals surface area contributed by atoms with Gasteiger partial charge in [-0.3, -0.25) is 14.7 Å². The molecule has 3 aromatic carbocycles. The van der Waals surface area contributed by atoms with Gasteiger partial charge in [0.15, 0.2) is 0 Å². The summed E-state index contributed by atoms with van der Waals surface area (Å²) in [7, 11) is 0. The first-order valence-electron chi connectivity index (χ1n) is 12.4. The first-order chi connectivity index (χ1) is 18.6. The van der Waals surface area contributed by atoms with Gasteiger partial charge >= 0.3 is 0 Å². The van der Waals surface area contributed by atoms with E-state index in [0.29, 0.717) is 11.1 Å². The summed E-state index contributed by atoms with van der Waals surface area (Å²) in [6, 6.07) is 26.3. The average Bonchev–Trinajstić information content (AvgIpc) is 3.43. The zero-order valence-electron chi connectivity index (χ0n) is 21.4. The fourth-order valence-electron chi connectivity index (χ4n) is 3.93. The van der Waals surface area contributed by atoms with Crippen molar-refractivity contribution >= 4 is 29.8 Å². The Morgan fingerprint density at radius 2 is 1.58 bits per heavy atom. The van der Waals surface area contributed by atoms with E-state index in [1.807, 2.05) is 60.7 Å². The lowest BCUT2D eigenvalue weighted by atomic mass is 10.1. The number of aromatic amines is 1. The van der Waals surface area contributed by atoms with Crippen molar-refractivity contribution in [1.82, 2.24) is 20.9 Å². The molecule has 0 radical (unpaired) electrons. The largest absolute Gasteiger partial charge is 0.372 e. The summed E-state index contributed by atoms with van der Waals surface area (Å²) >= 11 is 0. The quantitative estimate of drug-likeness (QED) is 0.163. The second-order valence-electron chi connectivity index (χ2n) is 8.41. The molecular formula is C30H30N6O2. The maximum atomic E-state index is 13.1. The van der Waals surface area contributed by atoms with Gasteiger partial charge in [-0.1, -0.05) is 60.7 Å². The SMILES string of the molecule is CCN(CC)c1ccc(/C=C(/NC(=O)c2ccccc2)C(=O)N/N=C/c2cn[nH]c2-c2ccccc2)cc1. The number of hydrogen-bond donors (Lipinski definition) is 3. The van der Waals surface area contributed by atoms with E-state index in [-0.39, 0.29) is 5.70 Å². The summed E-state index contributed by atoms with van der Waals surface area (Å²) in [4.78, 5) is 28.2. The molecule has 0 aliphatic carbocycles. The summed E-state index contributed by atoms with van der Waals surface area (Å²) in [6.07, 6.45) is 4.77. The van der Waals surface area contributed by atoms with Crippen LogP contribution < -0.4 is 15.6 Å². The van der Waals surface area contributed by atoms with Gasteiger partial charge in [-0.15, -0.1) is 0 Å². The number of rotatable bonds is 10. The molecule has 0 atom stereocenters. The van der Waals surface area contributed by atoms with Crippen LogP contribution >= 0.6 is 0 Å². The first kappa shape index (κ1) is 26.1. The van der Waals surface area contributed by atoms with Crippen molar-refractivity contribution in [3.63, 3.8) is 0 Å². The van der Waals surface area contributed by atoms with Crippen molar-refractivity contribution in [2.24, 2.45) is 5.10 Å². The van der Waals surface area contributed by atoms with E-state index < -0.39 is 11.8 Å². The van der Waals surface area contributed by atoms with Crippen LogP contribution in [0, 0.1) is 0 Å². The molecule has 0 saturated heterocycles. The van der Waals surface area contributed by atoms with Gasteiger partial charge in [0, 0.05) is 35.5 Å². The van der Waals surface area contributed by atoms with Crippen LogP contribution in [0.2, 0.25) is 0 Å². The Hall–Kier alpha value is -4.98. The molecule has 0 unspecified atom stereocenters. The molecule has 0 bridgehead atoms. The summed E-state index contributed by atoms with van der Waals surface area (Å²) in [5, 5.41) is 13.9. The van der Waals surface area contributed by atoms with E-state index >= 15 is 0 Å². The zero-order chi connectivity index (χ0) is 26.7. The Kier molecular flexibility index (Phi) is 8.80. The second-order valence-corrected chi connectivity index (χ2v) is 8.41. The average molecular weight is 507 g/mol. The predicted molar refractivity (Wildman–Crippen MR) is 152 cm³/mol. The molecule has 0 aliphatic heterocycles. The lowest BCUT2D eigenvalue weighted by Crippen LogP contribution is -2.32. The number of aromatic nitrogens is 2. The number of carbonyl (C=O) groups is 2. The highest BCUT2D eigenvalue weighted by molar-refractivity contribution is 6.05. The number of carbonyl (C=O) groups excluding carboxylic acids is 2. The molecule has 0 fully saturated rings. The highest BCUT2D eigenvalue weighted by Gasteiger charge is 2.15. The first-order valence-corrected chi connectivity index (χ1v) is 12.4. The second kappa shape index (κ2) is 12.8. The lowest BCUT2D eigenvalue weighted by Gasteiger charge is -2.20. The van der Waals surface area contributed by atoms with Crippen LogP contribution in [0.4, 0.5) is 5.69 Å². The predicted octanol–water partition coefficient (Wildman–Crippen LogP) is 4.84. The third kappa shape index (κ3) is 6.61. The number of H-pyrrole nitrogens is 1. The van der Waals surface area contributed by atoms with E-state index in [1.54, 1.807) is 36.5 Å². The van der Waals surface area contributed by atoms with Crippen LogP contribution in [-0.2, 0) is 4.79 Å². The number of nitrogens with zero attached hydrogens (tertiary/aromatic N) is 3. The molecule has 0 aliphatic rings. The fourth-order valence-corrected chi connectivity index (χ4v) is 3.93. The Bertz CT molecular complexity index is 1410. The van der Waals surface area contributed by atoms with Crippen molar-refractivity contribution < 1.29 is 9.59 Å². The van der Waals surface area contributed by atoms with Crippen LogP contribution in [0.5, 0.6) is 0 Å². The monoisotopic (exact) mass is 506 g/mol. The van der Waals surface area contributed by atoms with Crippen molar-refractivity contribution in [1.29, 1.82) is 0 Å². The van der Waals surface area contributed by atoms with Gasteiger partial charge < -0.3 is 10.2 Å². The van der Waals surface area contributed by atoms with Gasteiger partial charge in [-0.25, -0.2) is 5.43 Å². The summed E-state index contributed by atoms with van der Waals surface area (Å²) in [5.74, 6) is -0.944. The zero-order valence-corrected chi connectivity index (χ0v) is 21.4. The Morgan fingerprint density at radius 3 is 2.24 bits per heavy atom. The highest BCUT2D eigenvalue weighted by Crippen LogP contribution is 2.19. The third-order valence-electron chi connectivity index (χ3n) is 5.96. The van der Waals surface area contributed by atoms with E-state index in [2.05, 4.69) is 44.8 Å². The smallest absolute Gasteiger partial charge is 0.287 e. The number of hydrogen-bond acceptors (Lipinski definition) is 5. The molecule has 4 aromatic rings. The minimum Gasteiger partial charge on any atom is -0.372 e. The van der Waals surface area contributed by atoms with Gasteiger partial charge in [0.1, 0.15) is 5.70 Å². The van der Waals surface area contributed by atoms with Gasteiger partial charge in [0.25, 0.3) is 11.8 Å². The van der Waals surface area contributed by atoms with Crippen molar-refractivity contribution in [3.05, 3.63) is 114 Å². The molecular weight excluding hydrogens is 476 g/mol. The molecule has 0 spiro atoms. The standard InChI is InChI=1S/C30H30N6O2/c1-3-36(4-2)26-17-15-22(16-18-26)19-27(33-29(37)24-13-9-6-10-14-24)30(38)35-32-21-25-20-31-34-28(25)23-11-7-5-8-12-23/h5-21H,3-4H2,1-2H3,(H,31,34)(H,33,37)(H,35,38)/b27-19+,32-21+. The molecule has 0 saturated carbocycles. The Labute approximate surface area is 222 Å². The van der Waals surface area contributed by atoms with Crippen molar-refractivity contribution in [2.45, 2.75) is 13.8 Å². The van der Waals surface area contributed by atoms with Gasteiger partial charge in [-0.2, -0.15) is 10.2 Å². The number of hydrazone groups is 1. The van der Waals surface area contributed by atoms with Crippen LogP contribution in [0.15, 0.2) is 102 Å². The molecule has 3 N–H and O–H groups in total. The highest BCUT2D eigenvalue weighted by atomic mass is 16.2. The minimum atomic E-state index is -0.553. The molecule has 8 nitrogen and oxygen atoms in total. The maximum Gasteiger partial charge on any atom is 0.287 e. The van der Waals surface area contributed by atoms with Gasteiger partial charge in [0.2, 0.25) is 0 Å². The third-order valence-corrected chi connectivity index (χ3v) is 5.96. The maximum absolute atomic E-state index is 13.1. The fraction of sp³-hybridized carbons (Fsp3) is 0.133. The van der Waals surface area contributed by atoms with E-state index in [0.717, 1.165) is 35.6 Å². The Balaban J connectivity index is 1.55. The van der Waals surface area contributed by atoms with E-state index in [9.17, 15) is 9.59 Å². The van der Waals surface area contributed by atoms with Crippen LogP contribution in [0.3, 0.4) is 0 Å². The molecule has 4 rings (SSSR count). The number of nitrogens with one attached hydrogen (secondary N) is 3. The van der Waals surface area contributed by atoms with Crippen molar-refractivity contribution in [2.75, 3.05) is 18.0 Å². The van der Waals surface area contributed by atoms with E-state index in [1.165, 1.54) is 6.21 Å². The summed E-state index contributed by atoms with van der Waals surface area (Å²) in [5.41, 5.74) is 7.33. The summed E-state index contributed by atoms with van der Waals surface area (Å²) in [6.45, 7) is 6.00. The molecule has 2 amide bonds. The topological polar surface area (TPSA) is 102 Å². The molecule has 38 heavy (non-hydrogen) atoms. The minimum absolute atomic E-state index is 0.0714. The summed E-state index contributed by atoms with van der Waals surface area (Å²) < 4.78 is 0. The van der Waals surface area contributed by atoms with Gasteiger partial charge in [0.05, 0.1) is 18.1 Å². The molecule has 1 aromatic heterocycles. The number of anilines is 1. The van der Waals surface area contributed by atoms with E-state index in [4.69, 9.17) is 0 Å². The Morgan fingerprint density at radius 1 is 0.921 bits per heavy atom. The van der Waals surface area contributed by atoms with Crippen LogP contribution in [-0.4, -0.2) is 41.3 Å². The van der Waals surface area contributed by atoms with Crippen molar-refractivity contribution in [3.8, 4) is 11.3 Å². The number of amides is 2. The van der Waals surface area contributed by atoms with Gasteiger partial charge in [-0.05, 0) is 49.8 Å². The lowest BCUT2D eigenvalue weighted by molar-refractivity contribution is -0.117. The van der Waals surface area contributed by atoms with Crippen LogP contribution in [0.1, 0.15) is 35.3 Å².